The first-order valence-electron chi connectivity index (χ1n) is 5.71. The number of nitrogens with two attached hydrogens (primary N) is 1. The van der Waals surface area contributed by atoms with E-state index in [9.17, 15) is 10.1 Å². The Morgan fingerprint density at radius 3 is 2.83 bits per heavy atom. The highest BCUT2D eigenvalue weighted by Crippen LogP contribution is 2.29. The molecule has 2 N–H and O–H groups in total. The van der Waals surface area contributed by atoms with Crippen LogP contribution in [0.1, 0.15) is 18.9 Å². The topological polar surface area (TPSA) is 78.4 Å². The molecule has 1 atom stereocenters. The Morgan fingerprint density at radius 2 is 2.28 bits per heavy atom. The fourth-order valence-electron chi connectivity index (χ4n) is 1.52. The lowest BCUT2D eigenvalue weighted by molar-refractivity contribution is -0.385. The van der Waals surface area contributed by atoms with Crippen LogP contribution in [0.15, 0.2) is 18.2 Å². The third kappa shape index (κ3) is 4.19. The third-order valence-corrected chi connectivity index (χ3v) is 3.85. The molecule has 0 amide bonds. The number of nitrogens with zero attached hydrogens (tertiary/aromatic N) is 1. The number of nitro benzene ring substituents is 1. The Morgan fingerprint density at radius 1 is 1.56 bits per heavy atom. The van der Waals surface area contributed by atoms with Crippen molar-refractivity contribution >= 4 is 17.4 Å². The van der Waals surface area contributed by atoms with Gasteiger partial charge in [0.2, 0.25) is 0 Å². The summed E-state index contributed by atoms with van der Waals surface area (Å²) in [5, 5.41) is 11.3. The van der Waals surface area contributed by atoms with Gasteiger partial charge in [0.1, 0.15) is 0 Å². The van der Waals surface area contributed by atoms with E-state index in [0.29, 0.717) is 17.5 Å². The van der Waals surface area contributed by atoms with Crippen LogP contribution >= 0.6 is 11.8 Å². The molecule has 0 aliphatic heterocycles. The van der Waals surface area contributed by atoms with E-state index in [1.165, 1.54) is 7.11 Å². The molecule has 1 unspecified atom stereocenters. The summed E-state index contributed by atoms with van der Waals surface area (Å²) < 4.78 is 4.96. The molecule has 6 heteroatoms. The van der Waals surface area contributed by atoms with Crippen LogP contribution in [-0.4, -0.2) is 23.8 Å². The van der Waals surface area contributed by atoms with Gasteiger partial charge >= 0.3 is 5.69 Å². The average Bonchev–Trinajstić information content (AvgIpc) is 2.36. The normalized spacial score (nSPS) is 12.2. The van der Waals surface area contributed by atoms with Crippen LogP contribution in [0.3, 0.4) is 0 Å². The zero-order valence-corrected chi connectivity index (χ0v) is 11.4. The summed E-state index contributed by atoms with van der Waals surface area (Å²) in [5.74, 6) is 1.04. The molecule has 0 radical (unpaired) electrons. The van der Waals surface area contributed by atoms with Gasteiger partial charge in [-0.05, 0) is 24.6 Å². The first kappa shape index (κ1) is 14.8. The summed E-state index contributed by atoms with van der Waals surface area (Å²) in [6.07, 6.45) is 0.947. The van der Waals surface area contributed by atoms with Gasteiger partial charge in [0.15, 0.2) is 5.75 Å². The predicted molar refractivity (Wildman–Crippen MR) is 74.1 cm³/mol. The van der Waals surface area contributed by atoms with E-state index in [1.54, 1.807) is 23.9 Å². The predicted octanol–water partition coefficient (Wildman–Crippen LogP) is 2.57. The first-order valence-corrected chi connectivity index (χ1v) is 6.76. The second-order valence-corrected chi connectivity index (χ2v) is 5.39. The van der Waals surface area contributed by atoms with Crippen LogP contribution in [0.25, 0.3) is 0 Å². The molecule has 0 fully saturated rings. The molecule has 0 aromatic heterocycles. The van der Waals surface area contributed by atoms with Crippen molar-refractivity contribution in [2.45, 2.75) is 24.3 Å². The van der Waals surface area contributed by atoms with Gasteiger partial charge in [-0.25, -0.2) is 0 Å². The largest absolute Gasteiger partial charge is 0.490 e. The summed E-state index contributed by atoms with van der Waals surface area (Å²) in [5.41, 5.74) is 6.42. The minimum absolute atomic E-state index is 0.0158. The van der Waals surface area contributed by atoms with Crippen molar-refractivity contribution in [3.63, 3.8) is 0 Å². The van der Waals surface area contributed by atoms with Crippen molar-refractivity contribution in [3.8, 4) is 5.75 Å². The molecule has 0 aliphatic carbocycles. The van der Waals surface area contributed by atoms with Crippen LogP contribution in [0.4, 0.5) is 5.69 Å². The average molecular weight is 270 g/mol. The van der Waals surface area contributed by atoms with Gasteiger partial charge in [-0.15, -0.1) is 0 Å². The van der Waals surface area contributed by atoms with Gasteiger partial charge in [-0.3, -0.25) is 10.1 Å². The molecule has 0 aliphatic rings. The molecule has 100 valence electrons. The standard InChI is InChI=1S/C12H18N2O3S/c1-9(5-6-13)18-8-10-3-4-12(17-2)11(7-10)14(15)16/h3-4,7,9H,5-6,8,13H2,1-2H3. The highest BCUT2D eigenvalue weighted by atomic mass is 32.2. The molecular formula is C12H18N2O3S. The van der Waals surface area contributed by atoms with Crippen molar-refractivity contribution in [2.75, 3.05) is 13.7 Å². The fraction of sp³-hybridized carbons (Fsp3) is 0.500. The highest BCUT2D eigenvalue weighted by Gasteiger charge is 2.15. The highest BCUT2D eigenvalue weighted by molar-refractivity contribution is 7.99. The Labute approximate surface area is 111 Å². The summed E-state index contributed by atoms with van der Waals surface area (Å²) >= 11 is 1.74. The number of ether oxygens (including phenoxy) is 1. The van der Waals surface area contributed by atoms with E-state index in [2.05, 4.69) is 6.92 Å². The van der Waals surface area contributed by atoms with Crippen molar-refractivity contribution in [1.82, 2.24) is 0 Å². The smallest absolute Gasteiger partial charge is 0.311 e. The SMILES string of the molecule is COc1ccc(CSC(C)CCN)cc1[N+](=O)[O-]. The lowest BCUT2D eigenvalue weighted by Gasteiger charge is -2.10. The van der Waals surface area contributed by atoms with E-state index in [-0.39, 0.29) is 5.69 Å². The summed E-state index contributed by atoms with van der Waals surface area (Å²) in [4.78, 5) is 10.5. The molecule has 0 bridgehead atoms. The Kier molecular flexibility index (Phi) is 5.94. The maximum absolute atomic E-state index is 10.9. The van der Waals surface area contributed by atoms with E-state index < -0.39 is 4.92 Å². The van der Waals surface area contributed by atoms with Crippen molar-refractivity contribution in [3.05, 3.63) is 33.9 Å². The maximum atomic E-state index is 10.9. The molecule has 0 spiro atoms. The number of hydrogen-bond acceptors (Lipinski definition) is 5. The van der Waals surface area contributed by atoms with Crippen molar-refractivity contribution < 1.29 is 9.66 Å². The molecule has 18 heavy (non-hydrogen) atoms. The van der Waals surface area contributed by atoms with Crippen LogP contribution in [-0.2, 0) is 5.75 Å². The van der Waals surface area contributed by atoms with Gasteiger partial charge in [0.05, 0.1) is 12.0 Å². The first-order chi connectivity index (χ1) is 8.58. The second kappa shape index (κ2) is 7.23. The number of nitro groups is 1. The number of hydrogen-bond donors (Lipinski definition) is 1. The summed E-state index contributed by atoms with van der Waals surface area (Å²) in [6, 6.07) is 5.07. The van der Waals surface area contributed by atoms with Gasteiger partial charge in [-0.1, -0.05) is 13.0 Å². The minimum atomic E-state index is -0.420. The number of methoxy groups -OCH3 is 1. The van der Waals surface area contributed by atoms with Crippen LogP contribution < -0.4 is 10.5 Å². The zero-order valence-electron chi connectivity index (χ0n) is 10.6. The van der Waals surface area contributed by atoms with Crippen LogP contribution in [0.2, 0.25) is 0 Å². The fourth-order valence-corrected chi connectivity index (χ4v) is 2.48. The Bertz CT molecular complexity index is 412. The molecule has 0 saturated carbocycles. The minimum Gasteiger partial charge on any atom is -0.490 e. The van der Waals surface area contributed by atoms with Gasteiger partial charge in [0.25, 0.3) is 0 Å². The molecular weight excluding hydrogens is 252 g/mol. The van der Waals surface area contributed by atoms with E-state index in [4.69, 9.17) is 10.5 Å². The van der Waals surface area contributed by atoms with Crippen molar-refractivity contribution in [2.24, 2.45) is 5.73 Å². The molecule has 1 aromatic rings. The number of rotatable bonds is 7. The number of thioether (sulfide) groups is 1. The van der Waals surface area contributed by atoms with Crippen LogP contribution in [0.5, 0.6) is 5.75 Å². The quantitative estimate of drug-likeness (QED) is 0.608. The molecule has 0 heterocycles. The zero-order chi connectivity index (χ0) is 13.5. The molecule has 1 aromatic carbocycles. The third-order valence-electron chi connectivity index (χ3n) is 2.55. The lowest BCUT2D eigenvalue weighted by Crippen LogP contribution is -2.07. The summed E-state index contributed by atoms with van der Waals surface area (Å²) in [7, 11) is 1.43. The number of benzene rings is 1. The van der Waals surface area contributed by atoms with E-state index >= 15 is 0 Å². The van der Waals surface area contributed by atoms with Crippen molar-refractivity contribution in [1.29, 1.82) is 0 Å². The molecule has 0 saturated heterocycles. The lowest BCUT2D eigenvalue weighted by atomic mass is 10.2. The van der Waals surface area contributed by atoms with E-state index in [1.807, 2.05) is 6.07 Å². The van der Waals surface area contributed by atoms with Gasteiger partial charge in [-0.2, -0.15) is 11.8 Å². The Balaban J connectivity index is 2.73. The molecule has 5 nitrogen and oxygen atoms in total. The summed E-state index contributed by atoms with van der Waals surface area (Å²) in [6.45, 7) is 2.77. The van der Waals surface area contributed by atoms with Gasteiger partial charge < -0.3 is 10.5 Å². The Hall–Kier alpha value is -1.27. The maximum Gasteiger partial charge on any atom is 0.311 e. The second-order valence-electron chi connectivity index (χ2n) is 3.96. The van der Waals surface area contributed by atoms with Gasteiger partial charge in [0, 0.05) is 17.1 Å². The van der Waals surface area contributed by atoms with E-state index in [0.717, 1.165) is 17.7 Å². The molecule has 1 rings (SSSR count). The monoisotopic (exact) mass is 270 g/mol. The van der Waals surface area contributed by atoms with Crippen LogP contribution in [0, 0.1) is 10.1 Å².